The molecule has 0 saturated carbocycles. The molecule has 0 N–H and O–H groups in total. The summed E-state index contributed by atoms with van der Waals surface area (Å²) in [6, 6.07) is 8.89. The van der Waals surface area contributed by atoms with E-state index in [9.17, 15) is 9.59 Å². The van der Waals surface area contributed by atoms with Crippen molar-refractivity contribution in [3.05, 3.63) is 48.0 Å². The predicted molar refractivity (Wildman–Crippen MR) is 70.4 cm³/mol. The van der Waals surface area contributed by atoms with Crippen LogP contribution in [0.5, 0.6) is 0 Å². The van der Waals surface area contributed by atoms with Crippen LogP contribution in [0.1, 0.15) is 36.5 Å². The lowest BCUT2D eigenvalue weighted by Crippen LogP contribution is -2.06. The number of hydrogen-bond donors (Lipinski definition) is 0. The smallest absolute Gasteiger partial charge is 0.338 e. The van der Waals surface area contributed by atoms with Gasteiger partial charge in [0.1, 0.15) is 0 Å². The Hall–Kier alpha value is -1.90. The zero-order valence-corrected chi connectivity index (χ0v) is 10.6. The summed E-state index contributed by atoms with van der Waals surface area (Å²) >= 11 is 0. The highest BCUT2D eigenvalue weighted by Crippen LogP contribution is 2.07. The molecule has 0 aliphatic rings. The molecule has 96 valence electrons. The highest BCUT2D eigenvalue weighted by molar-refractivity contribution is 5.92. The van der Waals surface area contributed by atoms with Gasteiger partial charge in [0.15, 0.2) is 5.78 Å². The van der Waals surface area contributed by atoms with Crippen LogP contribution in [-0.4, -0.2) is 18.4 Å². The lowest BCUT2D eigenvalue weighted by Gasteiger charge is -2.05. The minimum absolute atomic E-state index is 0.0243. The molecule has 0 saturated heterocycles. The predicted octanol–water partition coefficient (Wildman–Crippen LogP) is 3.16. The number of benzene rings is 1. The van der Waals surface area contributed by atoms with Crippen LogP contribution in [0.2, 0.25) is 0 Å². The second kappa shape index (κ2) is 7.43. The fourth-order valence-corrected chi connectivity index (χ4v) is 1.44. The van der Waals surface area contributed by atoms with Gasteiger partial charge in [-0.2, -0.15) is 0 Å². The van der Waals surface area contributed by atoms with Crippen LogP contribution >= 0.6 is 0 Å². The number of carbonyl (C=O) groups excluding carboxylic acids is 2. The molecule has 3 nitrogen and oxygen atoms in total. The topological polar surface area (TPSA) is 43.4 Å². The summed E-state index contributed by atoms with van der Waals surface area (Å²) < 4.78 is 5.12. The average molecular weight is 246 g/mol. The number of esters is 1. The van der Waals surface area contributed by atoms with Gasteiger partial charge >= 0.3 is 5.97 Å². The Balaban J connectivity index is 2.17. The molecule has 0 amide bonds. The van der Waals surface area contributed by atoms with Crippen LogP contribution in [0.25, 0.3) is 0 Å². The van der Waals surface area contributed by atoms with E-state index < -0.39 is 0 Å². The van der Waals surface area contributed by atoms with Gasteiger partial charge in [-0.05, 0) is 43.9 Å². The molecule has 0 fully saturated rings. The molecular formula is C15H18O3. The van der Waals surface area contributed by atoms with Gasteiger partial charge in [0, 0.05) is 0 Å². The normalized spacial score (nSPS) is 9.83. The van der Waals surface area contributed by atoms with Crippen LogP contribution in [-0.2, 0) is 9.53 Å². The van der Waals surface area contributed by atoms with Gasteiger partial charge in [-0.1, -0.05) is 24.8 Å². The molecule has 0 radical (unpaired) electrons. The first-order valence-corrected chi connectivity index (χ1v) is 6.02. The van der Waals surface area contributed by atoms with Crippen molar-refractivity contribution in [1.82, 2.24) is 0 Å². The van der Waals surface area contributed by atoms with Gasteiger partial charge in [-0.25, -0.2) is 4.79 Å². The van der Waals surface area contributed by atoms with Gasteiger partial charge in [-0.15, -0.1) is 0 Å². The van der Waals surface area contributed by atoms with E-state index in [0.29, 0.717) is 24.2 Å². The molecule has 0 heterocycles. The molecule has 0 aromatic heterocycles. The summed E-state index contributed by atoms with van der Waals surface area (Å²) in [5, 5.41) is 0. The zero-order valence-electron chi connectivity index (χ0n) is 10.6. The third-order valence-electron chi connectivity index (χ3n) is 2.61. The molecule has 0 bridgehead atoms. The first kappa shape index (κ1) is 14.2. The molecule has 0 unspecified atom stereocenters. The number of Topliss-reactive ketones (excluding diaryl/α,β-unsaturated/α-hetero) is 1. The Morgan fingerprint density at radius 1 is 1.17 bits per heavy atom. The first-order chi connectivity index (χ1) is 8.61. The Bertz CT molecular complexity index is 421. The first-order valence-electron chi connectivity index (χ1n) is 6.02. The third kappa shape index (κ3) is 4.95. The van der Waals surface area contributed by atoms with Crippen molar-refractivity contribution in [2.24, 2.45) is 0 Å². The molecule has 18 heavy (non-hydrogen) atoms. The number of hydrogen-bond acceptors (Lipinski definition) is 3. The second-order valence-corrected chi connectivity index (χ2v) is 4.12. The van der Waals surface area contributed by atoms with E-state index in [2.05, 4.69) is 6.58 Å². The Labute approximate surface area is 107 Å². The Morgan fingerprint density at radius 2 is 1.83 bits per heavy atom. The Morgan fingerprint density at radius 3 is 2.44 bits per heavy atom. The summed E-state index contributed by atoms with van der Waals surface area (Å²) in [4.78, 5) is 22.5. The number of ketones is 1. The van der Waals surface area contributed by atoms with Crippen LogP contribution in [0, 0.1) is 0 Å². The lowest BCUT2D eigenvalue weighted by atomic mass is 10.1. The van der Waals surface area contributed by atoms with E-state index in [-0.39, 0.29) is 11.8 Å². The molecule has 0 aliphatic heterocycles. The fraction of sp³-hybridized carbons (Fsp3) is 0.333. The van der Waals surface area contributed by atoms with Gasteiger partial charge < -0.3 is 4.74 Å². The molecule has 1 rings (SSSR count). The van der Waals surface area contributed by atoms with Crippen LogP contribution in [0.4, 0.5) is 0 Å². The summed E-state index contributed by atoms with van der Waals surface area (Å²) in [6.45, 7) is 5.56. The summed E-state index contributed by atoms with van der Waals surface area (Å²) in [5.74, 6) is -0.280. The third-order valence-corrected chi connectivity index (χ3v) is 2.61. The van der Waals surface area contributed by atoms with Gasteiger partial charge in [-0.3, -0.25) is 4.79 Å². The highest BCUT2D eigenvalue weighted by atomic mass is 16.5. The number of allylic oxidation sites excluding steroid dienone is 1. The highest BCUT2D eigenvalue weighted by Gasteiger charge is 2.05. The van der Waals surface area contributed by atoms with E-state index in [1.54, 1.807) is 24.3 Å². The van der Waals surface area contributed by atoms with Crippen molar-refractivity contribution < 1.29 is 14.3 Å². The van der Waals surface area contributed by atoms with E-state index in [0.717, 1.165) is 12.8 Å². The van der Waals surface area contributed by atoms with Gasteiger partial charge in [0.2, 0.25) is 0 Å². The zero-order chi connectivity index (χ0) is 13.4. The summed E-state index contributed by atoms with van der Waals surface area (Å²) in [5.41, 5.74) is 1.19. The second-order valence-electron chi connectivity index (χ2n) is 4.12. The standard InChI is InChI=1S/C15H18O3/c1-12(13(2)16)8-6-7-11-18-15(17)14-9-4-3-5-10-14/h3-5,9-10H,1,6-8,11H2,2H3. The Kier molecular flexibility index (Phi) is 5.85. The molecule has 0 spiro atoms. The van der Waals surface area contributed by atoms with Crippen molar-refractivity contribution in [3.63, 3.8) is 0 Å². The molecule has 0 atom stereocenters. The van der Waals surface area contributed by atoms with Crippen LogP contribution in [0.15, 0.2) is 42.5 Å². The van der Waals surface area contributed by atoms with Gasteiger partial charge in [0.25, 0.3) is 0 Å². The summed E-state index contributed by atoms with van der Waals surface area (Å²) in [6.07, 6.45) is 2.21. The maximum absolute atomic E-state index is 11.6. The largest absolute Gasteiger partial charge is 0.462 e. The molecule has 0 aliphatic carbocycles. The maximum Gasteiger partial charge on any atom is 0.338 e. The molecule has 1 aromatic rings. The fourth-order valence-electron chi connectivity index (χ4n) is 1.44. The van der Waals surface area contributed by atoms with Crippen LogP contribution in [0.3, 0.4) is 0 Å². The van der Waals surface area contributed by atoms with Gasteiger partial charge in [0.05, 0.1) is 12.2 Å². The van der Waals surface area contributed by atoms with Crippen molar-refractivity contribution in [1.29, 1.82) is 0 Å². The molecular weight excluding hydrogens is 228 g/mol. The number of carbonyl (C=O) groups is 2. The monoisotopic (exact) mass is 246 g/mol. The number of ether oxygens (including phenoxy) is 1. The minimum Gasteiger partial charge on any atom is -0.462 e. The van der Waals surface area contributed by atoms with Crippen LogP contribution < -0.4 is 0 Å². The van der Waals surface area contributed by atoms with E-state index in [4.69, 9.17) is 4.74 Å². The lowest BCUT2D eigenvalue weighted by molar-refractivity contribution is -0.113. The SMILES string of the molecule is C=C(CCCCOC(=O)c1ccccc1)C(C)=O. The van der Waals surface area contributed by atoms with Crippen molar-refractivity contribution in [3.8, 4) is 0 Å². The molecule has 3 heteroatoms. The average Bonchev–Trinajstić information content (AvgIpc) is 2.38. The van der Waals surface area contributed by atoms with E-state index in [1.807, 2.05) is 6.07 Å². The maximum atomic E-state index is 11.6. The summed E-state index contributed by atoms with van der Waals surface area (Å²) in [7, 11) is 0. The number of unbranched alkanes of at least 4 members (excludes halogenated alkanes) is 1. The molecule has 1 aromatic carbocycles. The van der Waals surface area contributed by atoms with E-state index in [1.165, 1.54) is 6.92 Å². The quantitative estimate of drug-likeness (QED) is 0.421. The van der Waals surface area contributed by atoms with Crippen molar-refractivity contribution >= 4 is 11.8 Å². The number of rotatable bonds is 7. The van der Waals surface area contributed by atoms with Crippen molar-refractivity contribution in [2.45, 2.75) is 26.2 Å². The minimum atomic E-state index is -0.305. The van der Waals surface area contributed by atoms with E-state index >= 15 is 0 Å². The van der Waals surface area contributed by atoms with Crippen molar-refractivity contribution in [2.75, 3.05) is 6.61 Å².